The zero-order chi connectivity index (χ0) is 14.7. The molecule has 106 valence electrons. The summed E-state index contributed by atoms with van der Waals surface area (Å²) in [6, 6.07) is 12.6. The molecule has 0 aliphatic rings. The number of aromatic amines is 1. The van der Waals surface area contributed by atoms with Crippen LogP contribution in [0.1, 0.15) is 5.76 Å². The summed E-state index contributed by atoms with van der Waals surface area (Å²) in [5.41, 5.74) is 2.88. The Morgan fingerprint density at radius 3 is 2.62 bits per heavy atom. The number of benzene rings is 1. The number of H-pyrrole nitrogens is 1. The van der Waals surface area contributed by atoms with Gasteiger partial charge in [-0.25, -0.2) is 0 Å². The zero-order valence-electron chi connectivity index (χ0n) is 10.9. The van der Waals surface area contributed by atoms with Crippen molar-refractivity contribution in [3.8, 4) is 11.3 Å². The van der Waals surface area contributed by atoms with Gasteiger partial charge in [-0.15, -0.1) is 0 Å². The molecule has 7 nitrogen and oxygen atoms in total. The van der Waals surface area contributed by atoms with E-state index in [4.69, 9.17) is 4.42 Å². The van der Waals surface area contributed by atoms with Crippen molar-refractivity contribution in [1.82, 2.24) is 10.2 Å². The molecule has 0 fully saturated rings. The van der Waals surface area contributed by atoms with Crippen LogP contribution in [0.4, 0.5) is 11.6 Å². The minimum Gasteiger partial charge on any atom is -0.404 e. The Labute approximate surface area is 119 Å². The molecule has 1 aromatic carbocycles. The van der Waals surface area contributed by atoms with E-state index in [2.05, 4.69) is 15.5 Å². The molecule has 0 saturated heterocycles. The second kappa shape index (κ2) is 5.49. The monoisotopic (exact) mass is 284 g/mol. The summed E-state index contributed by atoms with van der Waals surface area (Å²) in [7, 11) is 0. The Bertz CT molecular complexity index is 732. The minimum absolute atomic E-state index is 0.249. The van der Waals surface area contributed by atoms with Crippen LogP contribution in [0.5, 0.6) is 0 Å². The van der Waals surface area contributed by atoms with Crippen LogP contribution < -0.4 is 5.32 Å². The molecule has 0 amide bonds. The normalized spacial score (nSPS) is 10.5. The van der Waals surface area contributed by atoms with Gasteiger partial charge in [0.05, 0.1) is 18.3 Å². The van der Waals surface area contributed by atoms with E-state index < -0.39 is 4.92 Å². The number of furan rings is 1. The van der Waals surface area contributed by atoms with Crippen LogP contribution in [-0.4, -0.2) is 15.1 Å². The van der Waals surface area contributed by atoms with Crippen LogP contribution in [0.3, 0.4) is 0 Å². The number of nitro groups is 1. The number of rotatable bonds is 5. The average molecular weight is 284 g/mol. The molecular weight excluding hydrogens is 272 g/mol. The lowest BCUT2D eigenvalue weighted by Gasteiger charge is -2.05. The highest BCUT2D eigenvalue weighted by Crippen LogP contribution is 2.20. The van der Waals surface area contributed by atoms with E-state index in [9.17, 15) is 10.1 Å². The number of anilines is 1. The average Bonchev–Trinajstić information content (AvgIpc) is 3.17. The highest BCUT2D eigenvalue weighted by atomic mass is 16.6. The Morgan fingerprint density at radius 2 is 2.00 bits per heavy atom. The molecule has 0 saturated carbocycles. The molecule has 0 aliphatic carbocycles. The lowest BCUT2D eigenvalue weighted by atomic mass is 10.1. The first-order chi connectivity index (χ1) is 10.2. The van der Waals surface area contributed by atoms with Crippen molar-refractivity contribution in [3.63, 3.8) is 0 Å². The molecule has 0 bridgehead atoms. The van der Waals surface area contributed by atoms with Crippen LogP contribution in [-0.2, 0) is 6.54 Å². The van der Waals surface area contributed by atoms with E-state index in [1.54, 1.807) is 12.3 Å². The number of hydrogen-bond acceptors (Lipinski definition) is 5. The molecule has 2 heterocycles. The maximum atomic E-state index is 10.5. The van der Waals surface area contributed by atoms with Gasteiger partial charge in [0.15, 0.2) is 0 Å². The van der Waals surface area contributed by atoms with Gasteiger partial charge < -0.3 is 9.73 Å². The van der Waals surface area contributed by atoms with Crippen molar-refractivity contribution in [2.75, 3.05) is 5.32 Å². The van der Waals surface area contributed by atoms with Gasteiger partial charge in [0.25, 0.3) is 0 Å². The molecule has 0 unspecified atom stereocenters. The molecule has 21 heavy (non-hydrogen) atoms. The Morgan fingerprint density at radius 1 is 1.19 bits per heavy atom. The maximum Gasteiger partial charge on any atom is 0.433 e. The van der Waals surface area contributed by atoms with Crippen molar-refractivity contribution in [2.45, 2.75) is 6.54 Å². The van der Waals surface area contributed by atoms with Gasteiger partial charge >= 0.3 is 5.88 Å². The Kier molecular flexibility index (Phi) is 3.38. The van der Waals surface area contributed by atoms with Crippen molar-refractivity contribution in [2.24, 2.45) is 0 Å². The lowest BCUT2D eigenvalue weighted by molar-refractivity contribution is -0.402. The third-order valence-electron chi connectivity index (χ3n) is 2.99. The Balaban J connectivity index is 1.64. The molecule has 3 aromatic rings. The van der Waals surface area contributed by atoms with E-state index in [-0.39, 0.29) is 5.88 Å². The molecular formula is C14H12N4O3. The summed E-state index contributed by atoms with van der Waals surface area (Å²) in [5, 5.41) is 20.5. The van der Waals surface area contributed by atoms with Gasteiger partial charge in [-0.3, -0.25) is 15.2 Å². The lowest BCUT2D eigenvalue weighted by Crippen LogP contribution is -1.97. The van der Waals surface area contributed by atoms with Crippen molar-refractivity contribution in [1.29, 1.82) is 0 Å². The van der Waals surface area contributed by atoms with Crippen LogP contribution in [0, 0.1) is 10.1 Å². The fraction of sp³-hybridized carbons (Fsp3) is 0.0714. The molecule has 0 spiro atoms. The van der Waals surface area contributed by atoms with Gasteiger partial charge in [0.2, 0.25) is 0 Å². The topological polar surface area (TPSA) is 97.0 Å². The summed E-state index contributed by atoms with van der Waals surface area (Å²) in [6.07, 6.45) is 1.70. The maximum absolute atomic E-state index is 10.5. The SMILES string of the molecule is O=[N+]([O-])c1ccc(CNc2ccc(-c3ccn[nH]3)cc2)o1. The molecule has 2 aromatic heterocycles. The first-order valence-electron chi connectivity index (χ1n) is 6.29. The summed E-state index contributed by atoms with van der Waals surface area (Å²) in [5.74, 6) is 0.265. The second-order valence-electron chi connectivity index (χ2n) is 4.40. The van der Waals surface area contributed by atoms with E-state index in [1.165, 1.54) is 6.07 Å². The molecule has 0 radical (unpaired) electrons. The van der Waals surface area contributed by atoms with Crippen molar-refractivity contribution < 1.29 is 9.34 Å². The second-order valence-corrected chi connectivity index (χ2v) is 4.40. The van der Waals surface area contributed by atoms with Crippen molar-refractivity contribution in [3.05, 3.63) is 64.5 Å². The van der Waals surface area contributed by atoms with Crippen LogP contribution >= 0.6 is 0 Å². The Hall–Kier alpha value is -3.09. The summed E-state index contributed by atoms with van der Waals surface area (Å²) in [4.78, 5) is 9.97. The fourth-order valence-electron chi connectivity index (χ4n) is 1.93. The third kappa shape index (κ3) is 2.92. The molecule has 0 aliphatic heterocycles. The molecule has 3 rings (SSSR count). The smallest absolute Gasteiger partial charge is 0.404 e. The number of nitrogens with one attached hydrogen (secondary N) is 2. The van der Waals surface area contributed by atoms with Crippen LogP contribution in [0.15, 0.2) is 53.1 Å². The largest absolute Gasteiger partial charge is 0.433 e. The highest BCUT2D eigenvalue weighted by Gasteiger charge is 2.11. The van der Waals surface area contributed by atoms with Gasteiger partial charge in [-0.2, -0.15) is 5.10 Å². The third-order valence-corrected chi connectivity index (χ3v) is 2.99. The van der Waals surface area contributed by atoms with Gasteiger partial charge in [0.1, 0.15) is 10.7 Å². The molecule has 2 N–H and O–H groups in total. The zero-order valence-corrected chi connectivity index (χ0v) is 10.9. The quantitative estimate of drug-likeness (QED) is 0.554. The molecule has 7 heteroatoms. The fourth-order valence-corrected chi connectivity index (χ4v) is 1.93. The van der Waals surface area contributed by atoms with Gasteiger partial charge in [-0.05, 0) is 29.8 Å². The number of aromatic nitrogens is 2. The standard InChI is InChI=1S/C14H12N4O3/c19-18(20)14-6-5-12(21-14)9-15-11-3-1-10(2-4-11)13-7-8-16-17-13/h1-8,15H,9H2,(H,16,17). The number of hydrogen-bond donors (Lipinski definition) is 2. The van der Waals surface area contributed by atoms with E-state index in [0.29, 0.717) is 12.3 Å². The van der Waals surface area contributed by atoms with Crippen LogP contribution in [0.2, 0.25) is 0 Å². The summed E-state index contributed by atoms with van der Waals surface area (Å²) in [6.45, 7) is 0.386. The van der Waals surface area contributed by atoms with Crippen LogP contribution in [0.25, 0.3) is 11.3 Å². The predicted molar refractivity (Wildman–Crippen MR) is 76.7 cm³/mol. The highest BCUT2D eigenvalue weighted by molar-refractivity contribution is 5.62. The minimum atomic E-state index is -0.553. The van der Waals surface area contributed by atoms with Gasteiger partial charge in [0, 0.05) is 11.9 Å². The molecule has 0 atom stereocenters. The summed E-state index contributed by atoms with van der Waals surface area (Å²) >= 11 is 0. The van der Waals surface area contributed by atoms with E-state index in [1.807, 2.05) is 30.3 Å². The van der Waals surface area contributed by atoms with E-state index >= 15 is 0 Å². The first kappa shape index (κ1) is 12.9. The van der Waals surface area contributed by atoms with Gasteiger partial charge in [-0.1, -0.05) is 12.1 Å². The van der Waals surface area contributed by atoms with E-state index in [0.717, 1.165) is 16.9 Å². The number of nitrogens with zero attached hydrogens (tertiary/aromatic N) is 2. The van der Waals surface area contributed by atoms with Crippen molar-refractivity contribution >= 4 is 11.6 Å². The summed E-state index contributed by atoms with van der Waals surface area (Å²) < 4.78 is 5.07. The predicted octanol–water partition coefficient (Wildman–Crippen LogP) is 3.19. The first-order valence-corrected chi connectivity index (χ1v) is 6.29.